The fourth-order valence-electron chi connectivity index (χ4n) is 2.82. The van der Waals surface area contributed by atoms with Crippen LogP contribution in [-0.4, -0.2) is 36.5 Å². The second-order valence-corrected chi connectivity index (χ2v) is 5.09. The fraction of sp³-hybridized carbons (Fsp3) is 0.714. The first kappa shape index (κ1) is 13.1. The van der Waals surface area contributed by atoms with E-state index >= 15 is 0 Å². The lowest BCUT2D eigenvalue weighted by Crippen LogP contribution is -2.48. The first-order chi connectivity index (χ1) is 8.72. The van der Waals surface area contributed by atoms with E-state index in [9.17, 15) is 9.59 Å². The molecule has 0 aromatic carbocycles. The number of rotatable bonds is 3. The highest BCUT2D eigenvalue weighted by atomic mass is 16.5. The van der Waals surface area contributed by atoms with Crippen LogP contribution in [0.15, 0.2) is 12.2 Å². The number of methoxy groups -OCH3 is 1. The molecule has 0 spiro atoms. The molecule has 0 radical (unpaired) electrons. The molecular weight excluding hydrogens is 230 g/mol. The van der Waals surface area contributed by atoms with Crippen LogP contribution in [0.5, 0.6) is 0 Å². The van der Waals surface area contributed by atoms with Crippen molar-refractivity contribution in [2.24, 2.45) is 5.92 Å². The van der Waals surface area contributed by atoms with Crippen LogP contribution in [0.4, 0.5) is 0 Å². The zero-order valence-corrected chi connectivity index (χ0v) is 10.9. The summed E-state index contributed by atoms with van der Waals surface area (Å²) in [4.78, 5) is 25.7. The van der Waals surface area contributed by atoms with Gasteiger partial charge in [0.2, 0.25) is 5.91 Å². The van der Waals surface area contributed by atoms with Crippen molar-refractivity contribution in [3.8, 4) is 0 Å². The van der Waals surface area contributed by atoms with E-state index in [0.29, 0.717) is 18.9 Å². The summed E-state index contributed by atoms with van der Waals surface area (Å²) in [6.45, 7) is 0.690. The Morgan fingerprint density at radius 2 is 2.17 bits per heavy atom. The molecule has 4 heteroatoms. The van der Waals surface area contributed by atoms with Gasteiger partial charge in [0.05, 0.1) is 7.11 Å². The highest BCUT2D eigenvalue weighted by Crippen LogP contribution is 2.24. The summed E-state index contributed by atoms with van der Waals surface area (Å²) < 4.78 is 4.79. The summed E-state index contributed by atoms with van der Waals surface area (Å²) in [5.41, 5.74) is 0. The molecule has 1 fully saturated rings. The number of nitrogens with zero attached hydrogens (tertiary/aromatic N) is 1. The van der Waals surface area contributed by atoms with Gasteiger partial charge in [0, 0.05) is 13.0 Å². The third kappa shape index (κ3) is 2.92. The Labute approximate surface area is 108 Å². The van der Waals surface area contributed by atoms with Gasteiger partial charge in [-0.05, 0) is 38.0 Å². The third-order valence-electron chi connectivity index (χ3n) is 3.85. The van der Waals surface area contributed by atoms with E-state index in [1.54, 1.807) is 4.90 Å². The molecule has 4 nitrogen and oxygen atoms in total. The Hall–Kier alpha value is -1.32. The van der Waals surface area contributed by atoms with Crippen LogP contribution >= 0.6 is 0 Å². The molecule has 1 heterocycles. The van der Waals surface area contributed by atoms with Crippen molar-refractivity contribution in [1.82, 2.24) is 4.90 Å². The number of ether oxygens (including phenoxy) is 1. The largest absolute Gasteiger partial charge is 0.467 e. The maximum atomic E-state index is 12.3. The number of esters is 1. The molecule has 2 atom stereocenters. The smallest absolute Gasteiger partial charge is 0.328 e. The summed E-state index contributed by atoms with van der Waals surface area (Å²) in [6.07, 6.45) is 9.62. The van der Waals surface area contributed by atoms with Crippen LogP contribution in [0.3, 0.4) is 0 Å². The van der Waals surface area contributed by atoms with Gasteiger partial charge in [-0.1, -0.05) is 12.2 Å². The Morgan fingerprint density at radius 3 is 2.83 bits per heavy atom. The van der Waals surface area contributed by atoms with E-state index in [4.69, 9.17) is 4.74 Å². The van der Waals surface area contributed by atoms with E-state index in [-0.39, 0.29) is 17.9 Å². The van der Waals surface area contributed by atoms with E-state index < -0.39 is 0 Å². The molecule has 0 aromatic rings. The van der Waals surface area contributed by atoms with Crippen LogP contribution < -0.4 is 0 Å². The fourth-order valence-corrected chi connectivity index (χ4v) is 2.82. The molecule has 2 aliphatic rings. The SMILES string of the molecule is COC(=O)C1CCCCN1C(=O)CC1C=CCC1. The van der Waals surface area contributed by atoms with Crippen molar-refractivity contribution < 1.29 is 14.3 Å². The van der Waals surface area contributed by atoms with Gasteiger partial charge in [-0.15, -0.1) is 0 Å². The second-order valence-electron chi connectivity index (χ2n) is 5.09. The van der Waals surface area contributed by atoms with Crippen molar-refractivity contribution in [1.29, 1.82) is 0 Å². The summed E-state index contributed by atoms with van der Waals surface area (Å²) >= 11 is 0. The zero-order valence-electron chi connectivity index (χ0n) is 10.9. The first-order valence-electron chi connectivity index (χ1n) is 6.76. The van der Waals surface area contributed by atoms with Crippen molar-refractivity contribution in [3.05, 3.63) is 12.2 Å². The van der Waals surface area contributed by atoms with E-state index in [0.717, 1.165) is 32.1 Å². The minimum atomic E-state index is -0.360. The number of piperidine rings is 1. The van der Waals surface area contributed by atoms with Gasteiger partial charge in [-0.2, -0.15) is 0 Å². The quantitative estimate of drug-likeness (QED) is 0.568. The molecule has 2 unspecified atom stereocenters. The van der Waals surface area contributed by atoms with Crippen LogP contribution in [0, 0.1) is 5.92 Å². The second kappa shape index (κ2) is 6.03. The first-order valence-corrected chi connectivity index (χ1v) is 6.76. The molecule has 1 aliphatic heterocycles. The number of hydrogen-bond donors (Lipinski definition) is 0. The minimum absolute atomic E-state index is 0.0988. The summed E-state index contributed by atoms with van der Waals surface area (Å²) in [5.74, 6) is 0.185. The molecule has 2 rings (SSSR count). The standard InChI is InChI=1S/C14H21NO3/c1-18-14(17)12-8-4-5-9-15(12)13(16)10-11-6-2-3-7-11/h2,6,11-12H,3-5,7-10H2,1H3. The van der Waals surface area contributed by atoms with Crippen LogP contribution in [0.25, 0.3) is 0 Å². The molecule has 0 aromatic heterocycles. The van der Waals surface area contributed by atoms with Crippen LogP contribution in [-0.2, 0) is 14.3 Å². The monoisotopic (exact) mass is 251 g/mol. The van der Waals surface area contributed by atoms with E-state index in [1.807, 2.05) is 0 Å². The molecule has 0 saturated carbocycles. The summed E-state index contributed by atoms with van der Waals surface area (Å²) in [7, 11) is 1.39. The maximum Gasteiger partial charge on any atom is 0.328 e. The molecule has 100 valence electrons. The van der Waals surface area contributed by atoms with E-state index in [2.05, 4.69) is 12.2 Å². The minimum Gasteiger partial charge on any atom is -0.467 e. The summed E-state index contributed by atoms with van der Waals surface area (Å²) in [6, 6.07) is -0.360. The highest BCUT2D eigenvalue weighted by Gasteiger charge is 2.33. The average Bonchev–Trinajstić information content (AvgIpc) is 2.90. The highest BCUT2D eigenvalue weighted by molar-refractivity contribution is 5.85. The van der Waals surface area contributed by atoms with Crippen LogP contribution in [0.2, 0.25) is 0 Å². The van der Waals surface area contributed by atoms with Gasteiger partial charge in [0.25, 0.3) is 0 Å². The topological polar surface area (TPSA) is 46.6 Å². The number of likely N-dealkylation sites (tertiary alicyclic amines) is 1. The van der Waals surface area contributed by atoms with Gasteiger partial charge in [0.1, 0.15) is 6.04 Å². The van der Waals surface area contributed by atoms with Crippen LogP contribution in [0.1, 0.15) is 38.5 Å². The zero-order chi connectivity index (χ0) is 13.0. The molecular formula is C14H21NO3. The summed E-state index contributed by atoms with van der Waals surface area (Å²) in [5, 5.41) is 0. The van der Waals surface area contributed by atoms with E-state index in [1.165, 1.54) is 7.11 Å². The lowest BCUT2D eigenvalue weighted by atomic mass is 9.99. The Kier molecular flexibility index (Phi) is 4.39. The Morgan fingerprint density at radius 1 is 1.33 bits per heavy atom. The maximum absolute atomic E-state index is 12.3. The number of amides is 1. The predicted octanol–water partition coefficient (Wildman–Crippen LogP) is 1.90. The molecule has 1 aliphatic carbocycles. The number of carbonyl (C=O) groups is 2. The molecule has 0 bridgehead atoms. The Bertz CT molecular complexity index is 351. The molecule has 18 heavy (non-hydrogen) atoms. The Balaban J connectivity index is 1.96. The van der Waals surface area contributed by atoms with Gasteiger partial charge < -0.3 is 9.64 Å². The number of allylic oxidation sites excluding steroid dienone is 2. The van der Waals surface area contributed by atoms with Crippen molar-refractivity contribution in [2.45, 2.75) is 44.6 Å². The number of hydrogen-bond acceptors (Lipinski definition) is 3. The van der Waals surface area contributed by atoms with Gasteiger partial charge >= 0.3 is 5.97 Å². The van der Waals surface area contributed by atoms with Crippen molar-refractivity contribution in [2.75, 3.05) is 13.7 Å². The lowest BCUT2D eigenvalue weighted by Gasteiger charge is -2.34. The molecule has 1 amide bonds. The molecule has 0 N–H and O–H groups in total. The normalized spacial score (nSPS) is 27.3. The number of carbonyl (C=O) groups excluding carboxylic acids is 2. The van der Waals surface area contributed by atoms with Crippen molar-refractivity contribution in [3.63, 3.8) is 0 Å². The van der Waals surface area contributed by atoms with Gasteiger partial charge in [-0.3, -0.25) is 4.79 Å². The van der Waals surface area contributed by atoms with Gasteiger partial charge in [0.15, 0.2) is 0 Å². The lowest BCUT2D eigenvalue weighted by molar-refractivity contribution is -0.154. The predicted molar refractivity (Wildman–Crippen MR) is 67.8 cm³/mol. The third-order valence-corrected chi connectivity index (χ3v) is 3.85. The average molecular weight is 251 g/mol. The van der Waals surface area contributed by atoms with Crippen molar-refractivity contribution >= 4 is 11.9 Å². The molecule has 1 saturated heterocycles. The van der Waals surface area contributed by atoms with Gasteiger partial charge in [-0.25, -0.2) is 4.79 Å².